The van der Waals surface area contributed by atoms with Crippen LogP contribution in [0.15, 0.2) is 65.7 Å². The van der Waals surface area contributed by atoms with Crippen LogP contribution in [0.25, 0.3) is 11.1 Å². The van der Waals surface area contributed by atoms with Crippen molar-refractivity contribution in [2.75, 3.05) is 17.2 Å². The van der Waals surface area contributed by atoms with E-state index in [0.717, 1.165) is 6.07 Å². The minimum atomic E-state index is -4.71. The summed E-state index contributed by atoms with van der Waals surface area (Å²) in [6.07, 6.45) is -3.02. The largest absolute Gasteiger partial charge is 0.402 e. The Bertz CT molecular complexity index is 1230. The number of nitrogens with zero attached hydrogens (tertiary/aromatic N) is 2. The van der Waals surface area contributed by atoms with Crippen molar-refractivity contribution >= 4 is 27.6 Å². The number of benzene rings is 2. The number of amides is 2. The number of hydrogen-bond donors (Lipinski definition) is 3. The fourth-order valence-electron chi connectivity index (χ4n) is 2.89. The van der Waals surface area contributed by atoms with Crippen molar-refractivity contribution in [3.05, 3.63) is 60.8 Å². The second kappa shape index (κ2) is 9.63. The van der Waals surface area contributed by atoms with Gasteiger partial charge in [0.2, 0.25) is 10.0 Å². The van der Waals surface area contributed by atoms with Gasteiger partial charge in [0.1, 0.15) is 6.54 Å². The highest BCUT2D eigenvalue weighted by Crippen LogP contribution is 2.31. The van der Waals surface area contributed by atoms with Crippen molar-refractivity contribution < 1.29 is 26.4 Å². The van der Waals surface area contributed by atoms with Gasteiger partial charge in [0.15, 0.2) is 5.82 Å². The van der Waals surface area contributed by atoms with Crippen molar-refractivity contribution in [3.63, 3.8) is 0 Å². The Morgan fingerprint density at radius 3 is 2.36 bits per heavy atom. The molecule has 0 aliphatic rings. The first-order valence-corrected chi connectivity index (χ1v) is 11.3. The van der Waals surface area contributed by atoms with E-state index < -0.39 is 33.7 Å². The van der Waals surface area contributed by atoms with E-state index in [2.05, 4.69) is 15.7 Å². The molecule has 0 atom stereocenters. The molecule has 0 bridgehead atoms. The van der Waals surface area contributed by atoms with Gasteiger partial charge in [0.05, 0.1) is 10.6 Å². The number of carbonyl (C=O) groups excluding carboxylic acids is 1. The Morgan fingerprint density at radius 1 is 1.06 bits per heavy atom. The van der Waals surface area contributed by atoms with Gasteiger partial charge in [0.25, 0.3) is 0 Å². The number of halogens is 3. The van der Waals surface area contributed by atoms with Crippen LogP contribution in [0.4, 0.5) is 29.5 Å². The molecule has 0 fully saturated rings. The summed E-state index contributed by atoms with van der Waals surface area (Å²) in [6, 6.07) is 13.5. The van der Waals surface area contributed by atoms with Gasteiger partial charge in [-0.05, 0) is 31.5 Å². The van der Waals surface area contributed by atoms with Crippen molar-refractivity contribution in [3.8, 4) is 11.1 Å². The normalized spacial score (nSPS) is 12.1. The summed E-state index contributed by atoms with van der Waals surface area (Å²) in [6.45, 7) is 2.13. The van der Waals surface area contributed by atoms with Crippen molar-refractivity contribution in [2.45, 2.75) is 31.0 Å². The van der Waals surface area contributed by atoms with Gasteiger partial charge in [-0.15, -0.1) is 0 Å². The molecule has 3 N–H and O–H groups in total. The monoisotopic (exact) mass is 481 g/mol. The molecule has 3 rings (SSSR count). The summed E-state index contributed by atoms with van der Waals surface area (Å²) in [5.74, 6) is 0.276. The number of hydrogen-bond acceptors (Lipinski definition) is 4. The van der Waals surface area contributed by atoms with Crippen molar-refractivity contribution in [1.82, 2.24) is 14.5 Å². The molecule has 0 radical (unpaired) electrons. The molecule has 1 heterocycles. The van der Waals surface area contributed by atoms with Crippen LogP contribution in [0.5, 0.6) is 0 Å². The molecule has 0 aliphatic carbocycles. The number of anilines is 2. The Kier molecular flexibility index (Phi) is 7.08. The first kappa shape index (κ1) is 24.3. The zero-order chi connectivity index (χ0) is 24.2. The third kappa shape index (κ3) is 6.56. The number of rotatable bonds is 7. The highest BCUT2D eigenvalue weighted by Gasteiger charge is 2.30. The van der Waals surface area contributed by atoms with E-state index in [0.29, 0.717) is 11.1 Å². The van der Waals surface area contributed by atoms with E-state index in [1.807, 2.05) is 13.8 Å². The Hall–Kier alpha value is -3.38. The standard InChI is InChI=1S/C21H22F3N5O3S/c1-14(2)29-11-10-19(28-29)27-20(30)26-18-12-16(33(31,32)25-13-21(22,23)24)8-9-17(18)15-6-4-3-5-7-15/h3-12,14,25H,13H2,1-2H3,(H2,26,27,28,30). The third-order valence-corrected chi connectivity index (χ3v) is 5.87. The average molecular weight is 482 g/mol. The summed E-state index contributed by atoms with van der Waals surface area (Å²) in [4.78, 5) is 12.2. The fraction of sp³-hybridized carbons (Fsp3) is 0.238. The molecular formula is C21H22F3N5O3S. The first-order chi connectivity index (χ1) is 15.4. The fourth-order valence-corrected chi connectivity index (χ4v) is 3.93. The van der Waals surface area contributed by atoms with Crippen LogP contribution in [-0.4, -0.2) is 37.0 Å². The van der Waals surface area contributed by atoms with Gasteiger partial charge in [0, 0.05) is 23.9 Å². The number of aromatic nitrogens is 2. The van der Waals surface area contributed by atoms with Gasteiger partial charge < -0.3 is 5.32 Å². The van der Waals surface area contributed by atoms with E-state index >= 15 is 0 Å². The topological polar surface area (TPSA) is 105 Å². The molecular weight excluding hydrogens is 459 g/mol. The number of sulfonamides is 1. The summed E-state index contributed by atoms with van der Waals surface area (Å²) >= 11 is 0. The highest BCUT2D eigenvalue weighted by atomic mass is 32.2. The van der Waals surface area contributed by atoms with Crippen LogP contribution in [0, 0.1) is 0 Å². The van der Waals surface area contributed by atoms with Gasteiger partial charge in [-0.25, -0.2) is 17.9 Å². The predicted octanol–water partition coefficient (Wildman–Crippen LogP) is 4.62. The molecule has 33 heavy (non-hydrogen) atoms. The van der Waals surface area contributed by atoms with Crippen LogP contribution < -0.4 is 15.4 Å². The number of carbonyl (C=O) groups is 1. The van der Waals surface area contributed by atoms with Gasteiger partial charge >= 0.3 is 12.2 Å². The third-order valence-electron chi connectivity index (χ3n) is 4.48. The maximum atomic E-state index is 12.6. The Labute approximate surface area is 188 Å². The molecule has 0 saturated heterocycles. The molecule has 0 aliphatic heterocycles. The van der Waals surface area contributed by atoms with Crippen LogP contribution in [0.1, 0.15) is 19.9 Å². The quantitative estimate of drug-likeness (QED) is 0.458. The summed E-state index contributed by atoms with van der Waals surface area (Å²) < 4.78 is 65.4. The summed E-state index contributed by atoms with van der Waals surface area (Å²) in [7, 11) is -4.47. The lowest BCUT2D eigenvalue weighted by Gasteiger charge is -2.15. The maximum absolute atomic E-state index is 12.6. The van der Waals surface area contributed by atoms with E-state index in [-0.39, 0.29) is 17.5 Å². The number of urea groups is 1. The Morgan fingerprint density at radius 2 is 1.76 bits per heavy atom. The van der Waals surface area contributed by atoms with E-state index in [1.165, 1.54) is 16.9 Å². The molecule has 8 nitrogen and oxygen atoms in total. The van der Waals surface area contributed by atoms with E-state index in [9.17, 15) is 26.4 Å². The number of nitrogens with one attached hydrogen (secondary N) is 3. The molecule has 2 aromatic carbocycles. The minimum Gasteiger partial charge on any atom is -0.307 e. The van der Waals surface area contributed by atoms with Gasteiger partial charge in [-0.1, -0.05) is 36.4 Å². The smallest absolute Gasteiger partial charge is 0.307 e. The van der Waals surface area contributed by atoms with Crippen LogP contribution >= 0.6 is 0 Å². The molecule has 0 saturated carbocycles. The van der Waals surface area contributed by atoms with E-state index in [1.54, 1.807) is 47.3 Å². The second-order valence-corrected chi connectivity index (χ2v) is 9.13. The average Bonchev–Trinajstić information content (AvgIpc) is 3.21. The highest BCUT2D eigenvalue weighted by molar-refractivity contribution is 7.89. The van der Waals surface area contributed by atoms with E-state index in [4.69, 9.17) is 0 Å². The lowest BCUT2D eigenvalue weighted by Crippen LogP contribution is -2.33. The van der Waals surface area contributed by atoms with Gasteiger partial charge in [-0.3, -0.25) is 10.00 Å². The molecule has 12 heteroatoms. The zero-order valence-corrected chi connectivity index (χ0v) is 18.5. The van der Waals surface area contributed by atoms with Crippen LogP contribution in [0.3, 0.4) is 0 Å². The molecule has 176 valence electrons. The Balaban J connectivity index is 1.90. The number of alkyl halides is 3. The predicted molar refractivity (Wildman–Crippen MR) is 118 cm³/mol. The van der Waals surface area contributed by atoms with Crippen molar-refractivity contribution in [2.24, 2.45) is 0 Å². The molecule has 2 amide bonds. The molecule has 3 aromatic rings. The SMILES string of the molecule is CC(C)n1ccc(NC(=O)Nc2cc(S(=O)(=O)NCC(F)(F)F)ccc2-c2ccccc2)n1. The molecule has 1 aromatic heterocycles. The molecule has 0 unspecified atom stereocenters. The van der Waals surface area contributed by atoms with Crippen LogP contribution in [0.2, 0.25) is 0 Å². The lowest BCUT2D eigenvalue weighted by molar-refractivity contribution is -0.121. The zero-order valence-electron chi connectivity index (χ0n) is 17.7. The summed E-state index contributed by atoms with van der Waals surface area (Å²) in [5.41, 5.74) is 1.24. The molecule has 0 spiro atoms. The van der Waals surface area contributed by atoms with Crippen LogP contribution in [-0.2, 0) is 10.0 Å². The second-order valence-electron chi connectivity index (χ2n) is 7.37. The van der Waals surface area contributed by atoms with Crippen molar-refractivity contribution in [1.29, 1.82) is 0 Å². The van der Waals surface area contributed by atoms with Gasteiger partial charge in [-0.2, -0.15) is 18.3 Å². The first-order valence-electron chi connectivity index (χ1n) is 9.84. The minimum absolute atomic E-state index is 0.0828. The lowest BCUT2D eigenvalue weighted by atomic mass is 10.0. The summed E-state index contributed by atoms with van der Waals surface area (Å²) in [5, 5.41) is 9.33. The maximum Gasteiger partial charge on any atom is 0.402 e.